The van der Waals surface area contributed by atoms with Gasteiger partial charge in [-0.15, -0.1) is 10.2 Å². The lowest BCUT2D eigenvalue weighted by Gasteiger charge is -2.27. The van der Waals surface area contributed by atoms with E-state index in [1.54, 1.807) is 0 Å². The van der Waals surface area contributed by atoms with Crippen LogP contribution in [0.5, 0.6) is 0 Å². The molecule has 3 rings (SSSR count). The Kier molecular flexibility index (Phi) is 6.89. The third-order valence-corrected chi connectivity index (χ3v) is 5.19. The highest BCUT2D eigenvalue weighted by atomic mass is 16.4. The lowest BCUT2D eigenvalue weighted by atomic mass is 9.83. The zero-order chi connectivity index (χ0) is 19.1. The first kappa shape index (κ1) is 19.4. The van der Waals surface area contributed by atoms with Gasteiger partial charge in [0, 0.05) is 38.6 Å². The van der Waals surface area contributed by atoms with E-state index in [1.807, 2.05) is 6.92 Å². The Bertz CT molecular complexity index is 697. The van der Waals surface area contributed by atoms with Gasteiger partial charge in [-0.25, -0.2) is 0 Å². The van der Waals surface area contributed by atoms with Crippen LogP contribution in [0.4, 0.5) is 0 Å². The van der Waals surface area contributed by atoms with Crippen molar-refractivity contribution in [1.29, 1.82) is 0 Å². The number of carbonyl (C=O) groups is 1. The van der Waals surface area contributed by atoms with Crippen LogP contribution in [0.2, 0.25) is 0 Å². The van der Waals surface area contributed by atoms with E-state index in [4.69, 9.17) is 0 Å². The van der Waals surface area contributed by atoms with Gasteiger partial charge in [-0.3, -0.25) is 9.69 Å². The molecule has 0 radical (unpaired) electrons. The second-order valence-electron chi connectivity index (χ2n) is 7.16. The molecule has 1 saturated heterocycles. The van der Waals surface area contributed by atoms with E-state index >= 15 is 0 Å². The minimum absolute atomic E-state index is 0.291. The molecule has 146 valence electrons. The van der Waals surface area contributed by atoms with E-state index in [9.17, 15) is 9.90 Å². The topological polar surface area (TPSA) is 107 Å². The van der Waals surface area contributed by atoms with E-state index in [0.717, 1.165) is 44.7 Å². The van der Waals surface area contributed by atoms with Gasteiger partial charge in [0.1, 0.15) is 0 Å². The molecular weight excluding hydrogens is 344 g/mol. The van der Waals surface area contributed by atoms with Gasteiger partial charge in [0.15, 0.2) is 5.82 Å². The quantitative estimate of drug-likeness (QED) is 0.611. The molecule has 0 saturated carbocycles. The number of tetrazole rings is 1. The molecule has 1 fully saturated rings. The van der Waals surface area contributed by atoms with Crippen LogP contribution in [0.1, 0.15) is 42.6 Å². The summed E-state index contributed by atoms with van der Waals surface area (Å²) in [7, 11) is 0. The average molecular weight is 372 g/mol. The summed E-state index contributed by atoms with van der Waals surface area (Å²) in [5.41, 5.74) is 2.37. The number of carboxylic acids is 1. The molecule has 1 aliphatic rings. The fourth-order valence-corrected chi connectivity index (χ4v) is 3.71. The van der Waals surface area contributed by atoms with Crippen molar-refractivity contribution in [3.8, 4) is 0 Å². The lowest BCUT2D eigenvalue weighted by Crippen LogP contribution is -2.42. The molecule has 0 spiro atoms. The van der Waals surface area contributed by atoms with Crippen molar-refractivity contribution in [1.82, 2.24) is 30.8 Å². The van der Waals surface area contributed by atoms with Gasteiger partial charge in [-0.2, -0.15) is 5.21 Å². The van der Waals surface area contributed by atoms with Gasteiger partial charge in [0.25, 0.3) is 0 Å². The van der Waals surface area contributed by atoms with Crippen LogP contribution in [-0.4, -0.2) is 62.8 Å². The highest BCUT2D eigenvalue weighted by molar-refractivity contribution is 5.71. The Balaban J connectivity index is 1.70. The van der Waals surface area contributed by atoms with Gasteiger partial charge in [0.2, 0.25) is 0 Å². The van der Waals surface area contributed by atoms with Gasteiger partial charge < -0.3 is 10.4 Å². The van der Waals surface area contributed by atoms with Crippen LogP contribution < -0.4 is 5.32 Å². The smallest absolute Gasteiger partial charge is 0.307 e. The highest BCUT2D eigenvalue weighted by Crippen LogP contribution is 2.30. The van der Waals surface area contributed by atoms with Gasteiger partial charge in [0.05, 0.1) is 5.92 Å². The number of nitrogens with one attached hydrogen (secondary N) is 2. The molecule has 3 N–H and O–H groups in total. The summed E-state index contributed by atoms with van der Waals surface area (Å²) < 4.78 is 0. The van der Waals surface area contributed by atoms with Crippen molar-refractivity contribution in [2.45, 2.75) is 38.6 Å². The predicted molar refractivity (Wildman–Crippen MR) is 101 cm³/mol. The fraction of sp³-hybridized carbons (Fsp3) is 0.579. The summed E-state index contributed by atoms with van der Waals surface area (Å²) in [6, 6.07) is 8.46. The number of H-pyrrole nitrogens is 1. The molecule has 8 nitrogen and oxygen atoms in total. The van der Waals surface area contributed by atoms with Crippen molar-refractivity contribution in [2.75, 3.05) is 26.2 Å². The zero-order valence-corrected chi connectivity index (χ0v) is 15.8. The van der Waals surface area contributed by atoms with Crippen LogP contribution in [0, 0.1) is 5.92 Å². The molecule has 1 aromatic heterocycles. The summed E-state index contributed by atoms with van der Waals surface area (Å²) in [5, 5.41) is 27.3. The Hall–Kier alpha value is -2.32. The molecule has 0 amide bonds. The predicted octanol–water partition coefficient (Wildman–Crippen LogP) is 1.43. The maximum Gasteiger partial charge on any atom is 0.307 e. The van der Waals surface area contributed by atoms with Crippen LogP contribution >= 0.6 is 0 Å². The summed E-state index contributed by atoms with van der Waals surface area (Å²) >= 11 is 0. The Labute approximate surface area is 159 Å². The first-order valence-corrected chi connectivity index (χ1v) is 9.64. The number of aliphatic carboxylic acids is 1. The molecular formula is C19H28N6O2. The summed E-state index contributed by atoms with van der Waals surface area (Å²) in [6.45, 7) is 7.16. The van der Waals surface area contributed by atoms with Crippen molar-refractivity contribution in [3.05, 3.63) is 41.2 Å². The number of aromatic amines is 1. The highest BCUT2D eigenvalue weighted by Gasteiger charge is 2.31. The molecule has 1 aromatic carbocycles. The molecule has 2 aromatic rings. The second kappa shape index (κ2) is 9.57. The maximum atomic E-state index is 11.8. The van der Waals surface area contributed by atoms with Crippen molar-refractivity contribution in [2.24, 2.45) is 5.92 Å². The molecule has 0 aliphatic carbocycles. The van der Waals surface area contributed by atoms with E-state index in [-0.39, 0.29) is 5.92 Å². The summed E-state index contributed by atoms with van der Waals surface area (Å²) in [4.78, 5) is 14.2. The monoisotopic (exact) mass is 372 g/mol. The van der Waals surface area contributed by atoms with Gasteiger partial charge >= 0.3 is 5.97 Å². The van der Waals surface area contributed by atoms with E-state index < -0.39 is 11.9 Å². The molecule has 0 bridgehead atoms. The van der Waals surface area contributed by atoms with Crippen LogP contribution in [0.25, 0.3) is 0 Å². The van der Waals surface area contributed by atoms with Crippen LogP contribution in [-0.2, 0) is 17.8 Å². The molecule has 27 heavy (non-hydrogen) atoms. The van der Waals surface area contributed by atoms with Crippen molar-refractivity contribution >= 4 is 5.97 Å². The molecule has 8 heteroatoms. The first-order valence-electron chi connectivity index (χ1n) is 9.64. The van der Waals surface area contributed by atoms with Gasteiger partial charge in [-0.05, 0) is 24.0 Å². The third-order valence-electron chi connectivity index (χ3n) is 5.19. The number of carboxylic acid groups (broad SMARTS) is 1. The molecule has 1 aliphatic heterocycles. The Morgan fingerprint density at radius 3 is 2.52 bits per heavy atom. The first-order chi connectivity index (χ1) is 13.2. The zero-order valence-electron chi connectivity index (χ0n) is 15.8. The normalized spacial score (nSPS) is 17.5. The average Bonchev–Trinajstić information content (AvgIpc) is 3.21. The van der Waals surface area contributed by atoms with E-state index in [2.05, 4.69) is 55.1 Å². The number of piperazine rings is 1. The summed E-state index contributed by atoms with van der Waals surface area (Å²) in [5.74, 6) is -1.14. The third kappa shape index (κ3) is 5.33. The minimum Gasteiger partial charge on any atom is -0.481 e. The number of hydrogen-bond acceptors (Lipinski definition) is 6. The molecule has 2 atom stereocenters. The largest absolute Gasteiger partial charge is 0.481 e. The van der Waals surface area contributed by atoms with Crippen LogP contribution in [0.15, 0.2) is 24.3 Å². The standard InChI is InChI=1S/C19H28N6O2/c1-2-3-16(19(26)27)17(18-21-23-24-22-18)12-14-4-6-15(7-5-14)13-25-10-8-20-9-11-25/h4-7,16-17,20H,2-3,8-13H2,1H3,(H,26,27)(H,21,22,23,24)/t16?,17-/m0/s1. The fourth-order valence-electron chi connectivity index (χ4n) is 3.71. The molecule has 2 heterocycles. The Morgan fingerprint density at radius 2 is 1.93 bits per heavy atom. The SMILES string of the molecule is CCCC(C(=O)O)[C@H](Cc1ccc(CN2CCNCC2)cc1)c1nn[nH]n1. The summed E-state index contributed by atoms with van der Waals surface area (Å²) in [6.07, 6.45) is 1.98. The lowest BCUT2D eigenvalue weighted by molar-refractivity contribution is -0.142. The number of benzene rings is 1. The van der Waals surface area contributed by atoms with E-state index in [1.165, 1.54) is 5.56 Å². The number of rotatable bonds is 9. The Morgan fingerprint density at radius 1 is 1.22 bits per heavy atom. The van der Waals surface area contributed by atoms with Crippen LogP contribution in [0.3, 0.4) is 0 Å². The van der Waals surface area contributed by atoms with Gasteiger partial charge in [-0.1, -0.05) is 42.8 Å². The minimum atomic E-state index is -0.804. The molecule has 1 unspecified atom stereocenters. The maximum absolute atomic E-state index is 11.8. The second-order valence-corrected chi connectivity index (χ2v) is 7.16. The van der Waals surface area contributed by atoms with Crippen molar-refractivity contribution < 1.29 is 9.90 Å². The number of aromatic nitrogens is 4. The van der Waals surface area contributed by atoms with E-state index in [0.29, 0.717) is 18.7 Å². The number of nitrogens with zero attached hydrogens (tertiary/aromatic N) is 4. The van der Waals surface area contributed by atoms with Crippen molar-refractivity contribution in [3.63, 3.8) is 0 Å². The number of hydrogen-bond donors (Lipinski definition) is 3.